The van der Waals surface area contributed by atoms with E-state index in [0.29, 0.717) is 0 Å². The van der Waals surface area contributed by atoms with Crippen molar-refractivity contribution in [3.05, 3.63) is 69.7 Å². The number of hydrogen-bond donors (Lipinski definition) is 1. The van der Waals surface area contributed by atoms with Gasteiger partial charge in [-0.25, -0.2) is 0 Å². The van der Waals surface area contributed by atoms with Gasteiger partial charge in [0, 0.05) is 5.02 Å². The largest absolute Gasteiger partial charge is 0.307 e. The van der Waals surface area contributed by atoms with Gasteiger partial charge in [-0.1, -0.05) is 48.9 Å². The fourth-order valence-electron chi connectivity index (χ4n) is 2.56. The van der Waals surface area contributed by atoms with Gasteiger partial charge in [0.15, 0.2) is 0 Å². The van der Waals surface area contributed by atoms with E-state index in [1.165, 1.54) is 22.3 Å². The minimum absolute atomic E-state index is 0.199. The summed E-state index contributed by atoms with van der Waals surface area (Å²) in [5, 5.41) is 4.35. The van der Waals surface area contributed by atoms with Crippen molar-refractivity contribution < 1.29 is 0 Å². The maximum atomic E-state index is 6.13. The summed E-state index contributed by atoms with van der Waals surface area (Å²) in [7, 11) is 0. The van der Waals surface area contributed by atoms with Crippen LogP contribution in [0, 0.1) is 13.8 Å². The van der Waals surface area contributed by atoms with Gasteiger partial charge < -0.3 is 5.32 Å². The third kappa shape index (κ3) is 3.17. The van der Waals surface area contributed by atoms with Gasteiger partial charge in [-0.3, -0.25) is 0 Å². The lowest BCUT2D eigenvalue weighted by molar-refractivity contribution is 0.625. The Balaban J connectivity index is 2.51. The first-order valence-corrected chi connectivity index (χ1v) is 7.06. The molecule has 0 saturated carbocycles. The Labute approximate surface area is 120 Å². The van der Waals surface area contributed by atoms with Crippen molar-refractivity contribution in [2.75, 3.05) is 6.54 Å². The van der Waals surface area contributed by atoms with Gasteiger partial charge in [-0.15, -0.1) is 0 Å². The average molecular weight is 274 g/mol. The molecule has 0 saturated heterocycles. The van der Waals surface area contributed by atoms with E-state index < -0.39 is 0 Å². The predicted octanol–water partition coefficient (Wildman–Crippen LogP) is 4.66. The molecule has 0 aliphatic carbocycles. The molecule has 0 heterocycles. The lowest BCUT2D eigenvalue weighted by Gasteiger charge is -2.23. The smallest absolute Gasteiger partial charge is 0.0582 e. The van der Waals surface area contributed by atoms with Crippen LogP contribution in [-0.2, 0) is 0 Å². The molecule has 19 heavy (non-hydrogen) atoms. The molecule has 1 nitrogen and oxygen atoms in total. The molecular formula is C17H20ClN. The van der Waals surface area contributed by atoms with E-state index in [9.17, 15) is 0 Å². The van der Waals surface area contributed by atoms with Gasteiger partial charge in [-0.2, -0.15) is 0 Å². The minimum atomic E-state index is 0.199. The quantitative estimate of drug-likeness (QED) is 0.855. The highest BCUT2D eigenvalue weighted by molar-refractivity contribution is 6.30. The summed E-state index contributed by atoms with van der Waals surface area (Å²) in [6.07, 6.45) is 0. The first-order valence-electron chi connectivity index (χ1n) is 6.68. The summed E-state index contributed by atoms with van der Waals surface area (Å²) in [6, 6.07) is 14.7. The molecule has 100 valence electrons. The van der Waals surface area contributed by atoms with Crippen LogP contribution in [0.1, 0.15) is 35.2 Å². The van der Waals surface area contributed by atoms with Crippen LogP contribution in [0.4, 0.5) is 0 Å². The molecular weight excluding hydrogens is 254 g/mol. The van der Waals surface area contributed by atoms with E-state index in [2.05, 4.69) is 50.4 Å². The van der Waals surface area contributed by atoms with Crippen LogP contribution >= 0.6 is 11.6 Å². The summed E-state index contributed by atoms with van der Waals surface area (Å²) in [6.45, 7) is 7.38. The molecule has 1 N–H and O–H groups in total. The number of rotatable bonds is 4. The van der Waals surface area contributed by atoms with Crippen molar-refractivity contribution >= 4 is 11.6 Å². The van der Waals surface area contributed by atoms with Crippen molar-refractivity contribution in [1.29, 1.82) is 0 Å². The van der Waals surface area contributed by atoms with Crippen LogP contribution in [0.5, 0.6) is 0 Å². The Hall–Kier alpha value is -1.31. The maximum Gasteiger partial charge on any atom is 0.0582 e. The fraction of sp³-hybridized carbons (Fsp3) is 0.294. The number of hydrogen-bond acceptors (Lipinski definition) is 1. The Morgan fingerprint density at radius 2 is 1.68 bits per heavy atom. The molecule has 0 fully saturated rings. The molecule has 1 unspecified atom stereocenters. The van der Waals surface area contributed by atoms with Crippen molar-refractivity contribution in [3.8, 4) is 0 Å². The number of benzene rings is 2. The summed E-state index contributed by atoms with van der Waals surface area (Å²) in [5.41, 5.74) is 5.19. The third-order valence-corrected chi connectivity index (χ3v) is 3.66. The minimum Gasteiger partial charge on any atom is -0.307 e. The SMILES string of the molecule is CCNC(c1cccc(Cl)c1)c1c(C)cccc1C. The topological polar surface area (TPSA) is 12.0 Å². The van der Waals surface area contributed by atoms with Gasteiger partial charge >= 0.3 is 0 Å². The van der Waals surface area contributed by atoms with E-state index in [1.807, 2.05) is 18.2 Å². The highest BCUT2D eigenvalue weighted by Gasteiger charge is 2.17. The van der Waals surface area contributed by atoms with Crippen molar-refractivity contribution in [1.82, 2.24) is 5.32 Å². The normalized spacial score (nSPS) is 12.4. The zero-order valence-corrected chi connectivity index (χ0v) is 12.5. The Morgan fingerprint density at radius 1 is 1.05 bits per heavy atom. The number of aryl methyl sites for hydroxylation is 2. The third-order valence-electron chi connectivity index (χ3n) is 3.42. The zero-order valence-electron chi connectivity index (χ0n) is 11.7. The first-order chi connectivity index (χ1) is 9.13. The summed E-state index contributed by atoms with van der Waals surface area (Å²) in [4.78, 5) is 0. The van der Waals surface area contributed by atoms with E-state index in [4.69, 9.17) is 11.6 Å². The fourth-order valence-corrected chi connectivity index (χ4v) is 2.76. The zero-order chi connectivity index (χ0) is 13.8. The molecule has 2 aromatic rings. The Morgan fingerprint density at radius 3 is 2.26 bits per heavy atom. The van der Waals surface area contributed by atoms with Crippen molar-refractivity contribution in [2.45, 2.75) is 26.8 Å². The van der Waals surface area contributed by atoms with Gasteiger partial charge in [0.1, 0.15) is 0 Å². The standard InChI is InChI=1S/C17H20ClN/c1-4-19-17(14-9-6-10-15(18)11-14)16-12(2)7-5-8-13(16)3/h5-11,17,19H,4H2,1-3H3. The summed E-state index contributed by atoms with van der Waals surface area (Å²) < 4.78 is 0. The predicted molar refractivity (Wildman–Crippen MR) is 82.9 cm³/mol. The molecule has 2 rings (SSSR count). The lowest BCUT2D eigenvalue weighted by Crippen LogP contribution is -2.23. The van der Waals surface area contributed by atoms with E-state index in [1.54, 1.807) is 0 Å². The molecule has 0 spiro atoms. The number of halogens is 1. The van der Waals surface area contributed by atoms with Gasteiger partial charge in [0.05, 0.1) is 6.04 Å². The van der Waals surface area contributed by atoms with Gasteiger partial charge in [0.25, 0.3) is 0 Å². The Bertz CT molecular complexity index is 543. The van der Waals surface area contributed by atoms with E-state index in [-0.39, 0.29) is 6.04 Å². The molecule has 0 radical (unpaired) electrons. The van der Waals surface area contributed by atoms with Crippen molar-refractivity contribution in [2.24, 2.45) is 0 Å². The average Bonchev–Trinajstić information content (AvgIpc) is 2.37. The van der Waals surface area contributed by atoms with Crippen LogP contribution in [-0.4, -0.2) is 6.54 Å². The molecule has 0 aliphatic rings. The monoisotopic (exact) mass is 273 g/mol. The molecule has 2 aromatic carbocycles. The van der Waals surface area contributed by atoms with Crippen molar-refractivity contribution in [3.63, 3.8) is 0 Å². The van der Waals surface area contributed by atoms with Gasteiger partial charge in [0.2, 0.25) is 0 Å². The second-order valence-electron chi connectivity index (χ2n) is 4.85. The molecule has 0 aliphatic heterocycles. The first kappa shape index (κ1) is 14.1. The molecule has 0 bridgehead atoms. The second-order valence-corrected chi connectivity index (χ2v) is 5.29. The molecule has 1 atom stereocenters. The van der Waals surface area contributed by atoms with Crippen LogP contribution in [0.25, 0.3) is 0 Å². The number of nitrogens with one attached hydrogen (secondary N) is 1. The van der Waals surface area contributed by atoms with E-state index >= 15 is 0 Å². The highest BCUT2D eigenvalue weighted by Crippen LogP contribution is 2.29. The van der Waals surface area contributed by atoms with Crippen LogP contribution in [0.3, 0.4) is 0 Å². The highest BCUT2D eigenvalue weighted by atomic mass is 35.5. The van der Waals surface area contributed by atoms with Crippen LogP contribution < -0.4 is 5.32 Å². The van der Waals surface area contributed by atoms with E-state index in [0.717, 1.165) is 11.6 Å². The van der Waals surface area contributed by atoms with Crippen LogP contribution in [0.2, 0.25) is 5.02 Å². The summed E-state index contributed by atoms with van der Waals surface area (Å²) >= 11 is 6.13. The summed E-state index contributed by atoms with van der Waals surface area (Å²) in [5.74, 6) is 0. The Kier molecular flexibility index (Phi) is 4.62. The molecule has 0 amide bonds. The molecule has 0 aromatic heterocycles. The second kappa shape index (κ2) is 6.23. The maximum absolute atomic E-state index is 6.13. The van der Waals surface area contributed by atoms with Crippen LogP contribution in [0.15, 0.2) is 42.5 Å². The molecule has 2 heteroatoms. The lowest BCUT2D eigenvalue weighted by atomic mass is 9.91. The van der Waals surface area contributed by atoms with Gasteiger partial charge in [-0.05, 0) is 54.8 Å².